The summed E-state index contributed by atoms with van der Waals surface area (Å²) in [6.07, 6.45) is 4.96. The minimum Gasteiger partial charge on any atom is -0.363 e. The summed E-state index contributed by atoms with van der Waals surface area (Å²) in [6, 6.07) is 4.80. The van der Waals surface area contributed by atoms with Gasteiger partial charge >= 0.3 is 0 Å². The van der Waals surface area contributed by atoms with E-state index in [0.717, 1.165) is 17.8 Å². The number of benzene rings is 1. The maximum Gasteiger partial charge on any atom is 0.253 e. The van der Waals surface area contributed by atoms with Gasteiger partial charge in [0.2, 0.25) is 0 Å². The number of aryl methyl sites for hydroxylation is 1. The fraction of sp³-hybridized carbons (Fsp3) is 0.286. The molecule has 28 heavy (non-hydrogen) atoms. The Bertz CT molecular complexity index is 1150. The zero-order valence-corrected chi connectivity index (χ0v) is 15.6. The Balaban J connectivity index is 1.83. The highest BCUT2D eigenvalue weighted by atomic mass is 19.1. The van der Waals surface area contributed by atoms with Crippen LogP contribution in [0.2, 0.25) is 0 Å². The third-order valence-electron chi connectivity index (χ3n) is 5.45. The summed E-state index contributed by atoms with van der Waals surface area (Å²) in [5, 5.41) is 6.29. The highest BCUT2D eigenvalue weighted by Gasteiger charge is 2.29. The van der Waals surface area contributed by atoms with E-state index in [2.05, 4.69) is 32.8 Å². The lowest BCUT2D eigenvalue weighted by atomic mass is 9.94. The van der Waals surface area contributed by atoms with Crippen LogP contribution >= 0.6 is 0 Å². The number of hydrogen-bond donors (Lipinski definition) is 3. The zero-order valence-electron chi connectivity index (χ0n) is 15.6. The van der Waals surface area contributed by atoms with Crippen molar-refractivity contribution in [1.29, 1.82) is 0 Å². The first-order valence-corrected chi connectivity index (χ1v) is 9.43. The standard InChI is InChI=1S/C21H20FN5O/c1-10-4-3-5-12-9-23-21(28)13-8-16(26-18(12)13)17-14(22)6-7-15-19(17)27-20(24-10)11(2)25-15/h3-4,6-8,10,12,26H,5,9H2,1-2H3,(H,23,28)(H,24,27). The lowest BCUT2D eigenvalue weighted by molar-refractivity contribution is 0.0940. The lowest BCUT2D eigenvalue weighted by Gasteiger charge is -2.22. The van der Waals surface area contributed by atoms with Gasteiger partial charge in [-0.2, -0.15) is 0 Å². The highest BCUT2D eigenvalue weighted by molar-refractivity contribution is 6.00. The molecule has 0 saturated heterocycles. The molecule has 2 aromatic heterocycles. The van der Waals surface area contributed by atoms with Crippen LogP contribution in [0.15, 0.2) is 30.4 Å². The fourth-order valence-electron chi connectivity index (χ4n) is 4.02. The van der Waals surface area contributed by atoms with Crippen LogP contribution in [-0.4, -0.2) is 33.4 Å². The van der Waals surface area contributed by atoms with Crippen LogP contribution in [0.3, 0.4) is 0 Å². The molecule has 6 nitrogen and oxygen atoms in total. The highest BCUT2D eigenvalue weighted by Crippen LogP contribution is 2.35. The molecule has 3 N–H and O–H groups in total. The van der Waals surface area contributed by atoms with Crippen LogP contribution in [-0.2, 0) is 0 Å². The summed E-state index contributed by atoms with van der Waals surface area (Å²) >= 11 is 0. The number of nitrogens with one attached hydrogen (secondary N) is 3. The summed E-state index contributed by atoms with van der Waals surface area (Å²) in [4.78, 5) is 25.0. The molecule has 3 aromatic rings. The molecule has 0 saturated carbocycles. The number of anilines is 1. The maximum absolute atomic E-state index is 14.9. The van der Waals surface area contributed by atoms with Gasteiger partial charge in [0.15, 0.2) is 0 Å². The molecule has 1 aromatic carbocycles. The number of amides is 1. The van der Waals surface area contributed by atoms with Crippen molar-refractivity contribution in [2.75, 3.05) is 11.9 Å². The van der Waals surface area contributed by atoms with Crippen LogP contribution in [0.1, 0.15) is 41.0 Å². The molecule has 2 aliphatic rings. The molecular formula is C21H20FN5O. The van der Waals surface area contributed by atoms with Gasteiger partial charge in [0.05, 0.1) is 28.0 Å². The lowest BCUT2D eigenvalue weighted by Crippen LogP contribution is -2.34. The van der Waals surface area contributed by atoms with E-state index in [4.69, 9.17) is 4.98 Å². The number of hydrogen-bond acceptors (Lipinski definition) is 4. The summed E-state index contributed by atoms with van der Waals surface area (Å²) in [5.41, 5.74) is 4.15. The second-order valence-electron chi connectivity index (χ2n) is 7.46. The van der Waals surface area contributed by atoms with Gasteiger partial charge < -0.3 is 15.6 Å². The molecule has 0 spiro atoms. The SMILES string of the molecule is Cc1nc2ccc(F)c3c2nc1NC(C)C=CCC1CNC(=O)c2cc-3[nH]c21. The molecule has 7 heteroatoms. The Labute approximate surface area is 161 Å². The second kappa shape index (κ2) is 6.15. The molecule has 0 fully saturated rings. The van der Waals surface area contributed by atoms with Crippen molar-refractivity contribution >= 4 is 22.8 Å². The molecule has 2 atom stereocenters. The molecule has 1 amide bonds. The van der Waals surface area contributed by atoms with Crippen LogP contribution in [0, 0.1) is 12.7 Å². The Hall–Kier alpha value is -3.22. The van der Waals surface area contributed by atoms with Crippen LogP contribution in [0.5, 0.6) is 0 Å². The van der Waals surface area contributed by atoms with E-state index >= 15 is 0 Å². The first-order chi connectivity index (χ1) is 13.5. The van der Waals surface area contributed by atoms with E-state index in [9.17, 15) is 9.18 Å². The van der Waals surface area contributed by atoms with Crippen molar-refractivity contribution in [3.05, 3.63) is 53.1 Å². The predicted molar refractivity (Wildman–Crippen MR) is 106 cm³/mol. The molecule has 4 bridgehead atoms. The van der Waals surface area contributed by atoms with E-state index in [1.54, 1.807) is 12.1 Å². The largest absolute Gasteiger partial charge is 0.363 e. The van der Waals surface area contributed by atoms with Gasteiger partial charge in [-0.1, -0.05) is 12.2 Å². The van der Waals surface area contributed by atoms with Gasteiger partial charge in [-0.15, -0.1) is 0 Å². The molecule has 5 rings (SSSR count). The van der Waals surface area contributed by atoms with Gasteiger partial charge in [0.25, 0.3) is 5.91 Å². The summed E-state index contributed by atoms with van der Waals surface area (Å²) in [7, 11) is 0. The van der Waals surface area contributed by atoms with E-state index < -0.39 is 5.82 Å². The average molecular weight is 377 g/mol. The minimum atomic E-state index is -0.395. The number of fused-ring (bicyclic) bond motifs is 3. The average Bonchev–Trinajstić information content (AvgIpc) is 3.10. The molecule has 142 valence electrons. The fourth-order valence-corrected chi connectivity index (χ4v) is 4.02. The number of carbonyl (C=O) groups excluding carboxylic acids is 1. The molecule has 0 radical (unpaired) electrons. The van der Waals surface area contributed by atoms with Gasteiger partial charge in [0.1, 0.15) is 17.2 Å². The summed E-state index contributed by atoms with van der Waals surface area (Å²) < 4.78 is 14.9. The summed E-state index contributed by atoms with van der Waals surface area (Å²) in [5.74, 6) is 0.212. The van der Waals surface area contributed by atoms with E-state index in [1.807, 2.05) is 13.8 Å². The maximum atomic E-state index is 14.9. The smallest absolute Gasteiger partial charge is 0.253 e. The number of aromatic amines is 1. The number of halogens is 1. The summed E-state index contributed by atoms with van der Waals surface area (Å²) in [6.45, 7) is 4.47. The first kappa shape index (κ1) is 16.9. The van der Waals surface area contributed by atoms with Crippen LogP contribution < -0.4 is 10.6 Å². The third-order valence-corrected chi connectivity index (χ3v) is 5.45. The predicted octanol–water partition coefficient (Wildman–Crippen LogP) is 3.66. The number of allylic oxidation sites excluding steroid dienone is 1. The van der Waals surface area contributed by atoms with Crippen molar-refractivity contribution in [3.63, 3.8) is 0 Å². The monoisotopic (exact) mass is 377 g/mol. The van der Waals surface area contributed by atoms with Crippen LogP contribution in [0.4, 0.5) is 10.2 Å². The Kier molecular flexibility index (Phi) is 3.72. The first-order valence-electron chi connectivity index (χ1n) is 9.43. The third kappa shape index (κ3) is 2.58. The Morgan fingerprint density at radius 3 is 2.96 bits per heavy atom. The molecular weight excluding hydrogens is 357 g/mol. The molecule has 0 aliphatic carbocycles. The van der Waals surface area contributed by atoms with Gasteiger partial charge in [-0.3, -0.25) is 4.79 Å². The minimum absolute atomic E-state index is 0.0409. The topological polar surface area (TPSA) is 82.7 Å². The van der Waals surface area contributed by atoms with E-state index in [-0.39, 0.29) is 17.9 Å². The van der Waals surface area contributed by atoms with E-state index in [0.29, 0.717) is 40.2 Å². The van der Waals surface area contributed by atoms with Crippen molar-refractivity contribution in [2.45, 2.75) is 32.2 Å². The number of H-pyrrole nitrogens is 1. The van der Waals surface area contributed by atoms with Gasteiger partial charge in [-0.25, -0.2) is 14.4 Å². The molecule has 4 heterocycles. The number of rotatable bonds is 0. The second-order valence-corrected chi connectivity index (χ2v) is 7.46. The van der Waals surface area contributed by atoms with Crippen molar-refractivity contribution < 1.29 is 9.18 Å². The van der Waals surface area contributed by atoms with Crippen LogP contribution in [0.25, 0.3) is 22.3 Å². The molecule has 2 aliphatic heterocycles. The normalized spacial score (nSPS) is 20.9. The number of nitrogens with zero attached hydrogens (tertiary/aromatic N) is 2. The number of aromatic nitrogens is 3. The van der Waals surface area contributed by atoms with Gasteiger partial charge in [0, 0.05) is 24.2 Å². The van der Waals surface area contributed by atoms with Crippen molar-refractivity contribution in [2.24, 2.45) is 0 Å². The Morgan fingerprint density at radius 2 is 2.11 bits per heavy atom. The number of carbonyl (C=O) groups is 1. The zero-order chi connectivity index (χ0) is 19.4. The molecule has 2 unspecified atom stereocenters. The van der Waals surface area contributed by atoms with Crippen molar-refractivity contribution in [1.82, 2.24) is 20.3 Å². The Morgan fingerprint density at radius 1 is 1.25 bits per heavy atom. The van der Waals surface area contributed by atoms with Crippen molar-refractivity contribution in [3.8, 4) is 11.3 Å². The quantitative estimate of drug-likeness (QED) is 0.522. The van der Waals surface area contributed by atoms with Gasteiger partial charge in [-0.05, 0) is 38.5 Å². The van der Waals surface area contributed by atoms with E-state index in [1.165, 1.54) is 6.07 Å².